The molecule has 6 nitrogen and oxygen atoms in total. The highest BCUT2D eigenvalue weighted by Gasteiger charge is 2.17. The third kappa shape index (κ3) is 3.70. The second kappa shape index (κ2) is 7.29. The minimum Gasteiger partial charge on any atom is -0.476 e. The molecule has 0 radical (unpaired) electrons. The van der Waals surface area contributed by atoms with Crippen LogP contribution >= 0.6 is 11.6 Å². The van der Waals surface area contributed by atoms with E-state index in [9.17, 15) is 0 Å². The van der Waals surface area contributed by atoms with E-state index in [0.29, 0.717) is 34.6 Å². The molecule has 0 aromatic carbocycles. The van der Waals surface area contributed by atoms with Crippen molar-refractivity contribution >= 4 is 22.6 Å². The van der Waals surface area contributed by atoms with Crippen molar-refractivity contribution in [2.24, 2.45) is 5.92 Å². The van der Waals surface area contributed by atoms with Gasteiger partial charge < -0.3 is 9.47 Å². The molecule has 128 valence electrons. The van der Waals surface area contributed by atoms with Crippen LogP contribution in [0.1, 0.15) is 12.8 Å². The molecular weight excluding hydrogens is 340 g/mol. The van der Waals surface area contributed by atoms with Crippen molar-refractivity contribution in [1.29, 1.82) is 0 Å². The molecule has 1 atom stereocenters. The topological polar surface area (TPSA) is 70.0 Å². The highest BCUT2D eigenvalue weighted by Crippen LogP contribution is 2.28. The minimum atomic E-state index is 0.374. The molecule has 25 heavy (non-hydrogen) atoms. The van der Waals surface area contributed by atoms with Gasteiger partial charge in [-0.3, -0.25) is 9.97 Å². The number of rotatable bonds is 4. The molecule has 0 bridgehead atoms. The number of pyridine rings is 2. The van der Waals surface area contributed by atoms with Crippen LogP contribution in [0.4, 0.5) is 0 Å². The summed E-state index contributed by atoms with van der Waals surface area (Å²) in [6.07, 6.45) is 8.77. The minimum absolute atomic E-state index is 0.374. The van der Waals surface area contributed by atoms with Gasteiger partial charge in [0.15, 0.2) is 5.52 Å². The summed E-state index contributed by atoms with van der Waals surface area (Å²) in [6, 6.07) is 3.68. The number of ether oxygens (including phenoxy) is 2. The average molecular weight is 357 g/mol. The van der Waals surface area contributed by atoms with Crippen LogP contribution in [0, 0.1) is 5.92 Å². The molecular formula is C18H17ClN4O2. The number of halogens is 1. The second-order valence-corrected chi connectivity index (χ2v) is 6.46. The first-order valence-corrected chi connectivity index (χ1v) is 8.60. The third-order valence-electron chi connectivity index (χ3n) is 4.14. The van der Waals surface area contributed by atoms with Gasteiger partial charge in [-0.2, -0.15) is 0 Å². The zero-order chi connectivity index (χ0) is 17.1. The molecule has 0 aliphatic carbocycles. The fraction of sp³-hybridized carbons (Fsp3) is 0.333. The van der Waals surface area contributed by atoms with Gasteiger partial charge in [0.1, 0.15) is 0 Å². The van der Waals surface area contributed by atoms with Crippen molar-refractivity contribution in [3.8, 4) is 17.1 Å². The van der Waals surface area contributed by atoms with Crippen LogP contribution in [-0.4, -0.2) is 39.8 Å². The zero-order valence-electron chi connectivity index (χ0n) is 13.6. The van der Waals surface area contributed by atoms with Crippen LogP contribution in [0.15, 0.2) is 36.9 Å². The molecule has 4 heterocycles. The Morgan fingerprint density at radius 1 is 1.20 bits per heavy atom. The molecule has 0 N–H and O–H groups in total. The first-order valence-electron chi connectivity index (χ1n) is 8.23. The molecule has 0 unspecified atom stereocenters. The lowest BCUT2D eigenvalue weighted by molar-refractivity contribution is 0.0347. The summed E-state index contributed by atoms with van der Waals surface area (Å²) < 4.78 is 11.5. The maximum atomic E-state index is 6.05. The Kier molecular flexibility index (Phi) is 4.72. The molecule has 1 aliphatic rings. The highest BCUT2D eigenvalue weighted by molar-refractivity contribution is 6.30. The summed E-state index contributed by atoms with van der Waals surface area (Å²) in [4.78, 5) is 17.5. The lowest BCUT2D eigenvalue weighted by Gasteiger charge is -2.22. The Balaban J connectivity index is 1.68. The van der Waals surface area contributed by atoms with Gasteiger partial charge in [-0.25, -0.2) is 9.97 Å². The molecule has 3 aromatic rings. The largest absolute Gasteiger partial charge is 0.476 e. The van der Waals surface area contributed by atoms with Gasteiger partial charge in [-0.15, -0.1) is 0 Å². The van der Waals surface area contributed by atoms with Crippen LogP contribution in [0.2, 0.25) is 5.02 Å². The lowest BCUT2D eigenvalue weighted by Crippen LogP contribution is -2.23. The van der Waals surface area contributed by atoms with Gasteiger partial charge >= 0.3 is 0 Å². The van der Waals surface area contributed by atoms with E-state index in [4.69, 9.17) is 21.1 Å². The second-order valence-electron chi connectivity index (χ2n) is 6.02. The Labute approximate surface area is 150 Å². The number of hydrogen-bond donors (Lipinski definition) is 0. The predicted molar refractivity (Wildman–Crippen MR) is 94.6 cm³/mol. The van der Waals surface area contributed by atoms with Gasteiger partial charge in [-0.05, 0) is 25.0 Å². The van der Waals surface area contributed by atoms with Gasteiger partial charge in [0.25, 0.3) is 0 Å². The van der Waals surface area contributed by atoms with Crippen LogP contribution in [0.3, 0.4) is 0 Å². The van der Waals surface area contributed by atoms with Crippen molar-refractivity contribution in [2.45, 2.75) is 12.8 Å². The molecule has 1 aliphatic heterocycles. The van der Waals surface area contributed by atoms with Crippen molar-refractivity contribution < 1.29 is 9.47 Å². The molecule has 1 fully saturated rings. The molecule has 1 saturated heterocycles. The number of hydrogen-bond acceptors (Lipinski definition) is 6. The predicted octanol–water partition coefficient (Wildman–Crippen LogP) is 3.55. The van der Waals surface area contributed by atoms with Crippen LogP contribution in [0.5, 0.6) is 5.88 Å². The number of nitrogens with zero attached hydrogens (tertiary/aromatic N) is 4. The summed E-state index contributed by atoms with van der Waals surface area (Å²) in [5, 5.41) is 0.556. The van der Waals surface area contributed by atoms with Gasteiger partial charge in [0.05, 0.1) is 29.4 Å². The molecule has 0 saturated carbocycles. The molecule has 0 spiro atoms. The van der Waals surface area contributed by atoms with E-state index in [1.807, 2.05) is 12.1 Å². The molecule has 4 rings (SSSR count). The first-order chi connectivity index (χ1) is 12.3. The van der Waals surface area contributed by atoms with Crippen LogP contribution in [-0.2, 0) is 4.74 Å². The summed E-state index contributed by atoms with van der Waals surface area (Å²) in [6.45, 7) is 2.11. The Bertz CT molecular complexity index is 884. The van der Waals surface area contributed by atoms with Gasteiger partial charge in [0, 0.05) is 42.9 Å². The molecule has 7 heteroatoms. The summed E-state index contributed by atoms with van der Waals surface area (Å²) in [7, 11) is 0. The molecule has 0 amide bonds. The van der Waals surface area contributed by atoms with E-state index >= 15 is 0 Å². The maximum Gasteiger partial charge on any atom is 0.242 e. The monoisotopic (exact) mass is 356 g/mol. The SMILES string of the molecule is Clc1cncc(-c2cc3nccnc3c(OC[C@H]3CCCOC3)n2)c1. The summed E-state index contributed by atoms with van der Waals surface area (Å²) in [5.41, 5.74) is 2.89. The van der Waals surface area contributed by atoms with Crippen molar-refractivity contribution in [3.05, 3.63) is 41.9 Å². The zero-order valence-corrected chi connectivity index (χ0v) is 14.3. The van der Waals surface area contributed by atoms with E-state index in [1.54, 1.807) is 24.8 Å². The highest BCUT2D eigenvalue weighted by atomic mass is 35.5. The van der Waals surface area contributed by atoms with E-state index in [2.05, 4.69) is 19.9 Å². The smallest absolute Gasteiger partial charge is 0.242 e. The average Bonchev–Trinajstić information content (AvgIpc) is 2.67. The third-order valence-corrected chi connectivity index (χ3v) is 4.34. The fourth-order valence-electron chi connectivity index (χ4n) is 2.88. The Hall–Kier alpha value is -2.31. The normalized spacial score (nSPS) is 17.6. The van der Waals surface area contributed by atoms with E-state index < -0.39 is 0 Å². The fourth-order valence-corrected chi connectivity index (χ4v) is 3.05. The summed E-state index contributed by atoms with van der Waals surface area (Å²) >= 11 is 6.05. The Morgan fingerprint density at radius 3 is 2.96 bits per heavy atom. The van der Waals surface area contributed by atoms with Crippen LogP contribution in [0.25, 0.3) is 22.3 Å². The van der Waals surface area contributed by atoms with E-state index in [0.717, 1.165) is 37.1 Å². The quantitative estimate of drug-likeness (QED) is 0.712. The standard InChI is InChI=1S/C18H17ClN4O2/c19-14-6-13(8-20-9-14)15-7-16-17(22-4-3-21-16)18(23-15)25-11-12-2-1-5-24-10-12/h3-4,6-9,12H,1-2,5,10-11H2/t12-/m0/s1. The number of fused-ring (bicyclic) bond motifs is 1. The van der Waals surface area contributed by atoms with E-state index in [1.165, 1.54) is 0 Å². The van der Waals surface area contributed by atoms with Crippen LogP contribution < -0.4 is 4.74 Å². The van der Waals surface area contributed by atoms with Gasteiger partial charge in [0.2, 0.25) is 5.88 Å². The van der Waals surface area contributed by atoms with Gasteiger partial charge in [-0.1, -0.05) is 11.6 Å². The van der Waals surface area contributed by atoms with Crippen molar-refractivity contribution in [2.75, 3.05) is 19.8 Å². The number of aromatic nitrogens is 4. The van der Waals surface area contributed by atoms with E-state index in [-0.39, 0.29) is 0 Å². The lowest BCUT2D eigenvalue weighted by atomic mass is 10.0. The van der Waals surface area contributed by atoms with Crippen molar-refractivity contribution in [1.82, 2.24) is 19.9 Å². The summed E-state index contributed by atoms with van der Waals surface area (Å²) in [5.74, 6) is 0.852. The molecule has 3 aromatic heterocycles. The first kappa shape index (κ1) is 16.2. The van der Waals surface area contributed by atoms with Crippen molar-refractivity contribution in [3.63, 3.8) is 0 Å². The maximum absolute atomic E-state index is 6.05. The Morgan fingerprint density at radius 2 is 2.12 bits per heavy atom.